The van der Waals surface area contributed by atoms with Crippen molar-refractivity contribution in [2.45, 2.75) is 10.6 Å². The predicted molar refractivity (Wildman–Crippen MR) is 36.1 cm³/mol. The fourth-order valence-corrected chi connectivity index (χ4v) is 1.64. The molecule has 0 aliphatic carbocycles. The molecule has 1 atom stereocenters. The summed E-state index contributed by atoms with van der Waals surface area (Å²) in [6, 6.07) is 0. The van der Waals surface area contributed by atoms with Crippen LogP contribution in [0.2, 0.25) is 0 Å². The third kappa shape index (κ3) is 2.01. The summed E-state index contributed by atoms with van der Waals surface area (Å²) in [6.45, 7) is 0. The Hall–Kier alpha value is -0.400. The van der Waals surface area contributed by atoms with Gasteiger partial charge in [0.15, 0.2) is 16.1 Å². The van der Waals surface area contributed by atoms with Gasteiger partial charge in [-0.25, -0.2) is 18.0 Å². The van der Waals surface area contributed by atoms with E-state index < -0.39 is 22.5 Å². The fraction of sp³-hybridized carbons (Fsp3) is 0.250. The minimum absolute atomic E-state index is 0.0553. The molecule has 0 radical (unpaired) electrons. The van der Waals surface area contributed by atoms with Gasteiger partial charge in [-0.15, -0.1) is 11.3 Å². The third-order valence-corrected chi connectivity index (χ3v) is 2.79. The number of hydrogen-bond acceptors (Lipinski definition) is 3. The zero-order valence-corrected chi connectivity index (χ0v) is 6.66. The van der Waals surface area contributed by atoms with Gasteiger partial charge in [-0.3, -0.25) is 0 Å². The van der Waals surface area contributed by atoms with Crippen LogP contribution < -0.4 is 0 Å². The summed E-state index contributed by atoms with van der Waals surface area (Å²) in [4.78, 5) is 3.25. The maximum atomic E-state index is 11.8. The monoisotopic (exact) mass is 199 g/mol. The van der Waals surface area contributed by atoms with Gasteiger partial charge >= 0.3 is 0 Å². The van der Waals surface area contributed by atoms with E-state index in [1.807, 2.05) is 0 Å². The maximum Gasteiger partial charge on any atom is 0.289 e. The van der Waals surface area contributed by atoms with Crippen LogP contribution in [0.25, 0.3) is 0 Å². The van der Waals surface area contributed by atoms with E-state index in [2.05, 4.69) is 4.98 Å². The molecule has 1 aromatic heterocycles. The molecule has 0 aliphatic rings. The predicted octanol–water partition coefficient (Wildman–Crippen LogP) is 1.66. The van der Waals surface area contributed by atoms with Crippen molar-refractivity contribution >= 4 is 22.4 Å². The zero-order chi connectivity index (χ0) is 8.43. The van der Waals surface area contributed by atoms with Gasteiger partial charge < -0.3 is 4.55 Å². The van der Waals surface area contributed by atoms with E-state index in [0.717, 1.165) is 6.20 Å². The van der Waals surface area contributed by atoms with Gasteiger partial charge in [0, 0.05) is 0 Å². The molecule has 0 fully saturated rings. The Labute approximate surface area is 67.4 Å². The molecule has 1 unspecified atom stereocenters. The molecular weight excluding hydrogens is 196 g/mol. The SMILES string of the molecule is O=S(O)c1cnc(C(F)F)s1. The highest BCUT2D eigenvalue weighted by atomic mass is 32.2. The second kappa shape index (κ2) is 3.33. The Kier molecular flexibility index (Phi) is 2.63. The first kappa shape index (κ1) is 8.69. The summed E-state index contributed by atoms with van der Waals surface area (Å²) >= 11 is -1.66. The van der Waals surface area contributed by atoms with E-state index in [4.69, 9.17) is 4.55 Å². The molecule has 1 aromatic rings. The van der Waals surface area contributed by atoms with Crippen LogP contribution in [-0.4, -0.2) is 13.7 Å². The Bertz CT molecular complexity index is 275. The van der Waals surface area contributed by atoms with E-state index in [0.29, 0.717) is 11.3 Å². The minimum atomic E-state index is -2.67. The largest absolute Gasteiger partial charge is 0.302 e. The summed E-state index contributed by atoms with van der Waals surface area (Å²) in [5.41, 5.74) is 0. The van der Waals surface area contributed by atoms with E-state index in [1.54, 1.807) is 0 Å². The van der Waals surface area contributed by atoms with Crippen LogP contribution in [0.3, 0.4) is 0 Å². The van der Waals surface area contributed by atoms with Crippen LogP contribution in [-0.2, 0) is 11.1 Å². The highest BCUT2D eigenvalue weighted by Crippen LogP contribution is 2.25. The van der Waals surface area contributed by atoms with Gasteiger partial charge in [-0.1, -0.05) is 0 Å². The summed E-state index contributed by atoms with van der Waals surface area (Å²) < 4.78 is 42.3. The number of nitrogens with zero attached hydrogens (tertiary/aromatic N) is 1. The van der Waals surface area contributed by atoms with Crippen LogP contribution in [0.1, 0.15) is 11.4 Å². The molecule has 0 aliphatic heterocycles. The zero-order valence-electron chi connectivity index (χ0n) is 5.03. The van der Waals surface area contributed by atoms with Crippen molar-refractivity contribution in [2.75, 3.05) is 0 Å². The Morgan fingerprint density at radius 3 is 2.64 bits per heavy atom. The van der Waals surface area contributed by atoms with Gasteiger partial charge in [0.1, 0.15) is 4.21 Å². The summed E-state index contributed by atoms with van der Waals surface area (Å²) in [6.07, 6.45) is -1.69. The lowest BCUT2D eigenvalue weighted by molar-refractivity contribution is 0.151. The molecule has 0 saturated heterocycles. The molecule has 0 saturated carbocycles. The van der Waals surface area contributed by atoms with E-state index >= 15 is 0 Å². The Morgan fingerprint density at radius 1 is 1.73 bits per heavy atom. The van der Waals surface area contributed by atoms with E-state index in [-0.39, 0.29) is 4.21 Å². The first-order valence-corrected chi connectivity index (χ1v) is 4.38. The van der Waals surface area contributed by atoms with Gasteiger partial charge in [-0.2, -0.15) is 0 Å². The van der Waals surface area contributed by atoms with Gasteiger partial charge in [-0.05, 0) is 0 Å². The lowest BCUT2D eigenvalue weighted by Crippen LogP contribution is -1.80. The Balaban J connectivity index is 2.90. The first-order valence-electron chi connectivity index (χ1n) is 2.46. The van der Waals surface area contributed by atoms with Crippen molar-refractivity contribution in [1.82, 2.24) is 4.98 Å². The van der Waals surface area contributed by atoms with Crippen molar-refractivity contribution < 1.29 is 17.5 Å². The number of aromatic nitrogens is 1. The van der Waals surface area contributed by atoms with Crippen LogP contribution in [0.4, 0.5) is 8.78 Å². The lowest BCUT2D eigenvalue weighted by atomic mass is 10.7. The standard InChI is InChI=1S/C4H3F2NO2S2/c5-3(6)4-7-1-2(10-4)11(8)9/h1,3H,(H,8,9). The quantitative estimate of drug-likeness (QED) is 0.737. The lowest BCUT2D eigenvalue weighted by Gasteiger charge is -1.87. The average Bonchev–Trinajstić information content (AvgIpc) is 2.33. The summed E-state index contributed by atoms with van der Waals surface area (Å²) in [5, 5.41) is -0.428. The van der Waals surface area contributed by atoms with Crippen LogP contribution >= 0.6 is 11.3 Å². The molecular formula is C4H3F2NO2S2. The van der Waals surface area contributed by atoms with Crippen molar-refractivity contribution in [1.29, 1.82) is 0 Å². The molecule has 11 heavy (non-hydrogen) atoms. The average molecular weight is 199 g/mol. The van der Waals surface area contributed by atoms with Crippen molar-refractivity contribution in [3.8, 4) is 0 Å². The number of alkyl halides is 2. The molecule has 62 valence electrons. The highest BCUT2D eigenvalue weighted by molar-refractivity contribution is 7.81. The highest BCUT2D eigenvalue weighted by Gasteiger charge is 2.14. The van der Waals surface area contributed by atoms with Gasteiger partial charge in [0.25, 0.3) is 6.43 Å². The second-order valence-corrected chi connectivity index (χ2v) is 3.83. The molecule has 1 heterocycles. The normalized spacial score (nSPS) is 13.8. The summed E-state index contributed by atoms with van der Waals surface area (Å²) in [5.74, 6) is 0. The maximum absolute atomic E-state index is 11.8. The van der Waals surface area contributed by atoms with Crippen LogP contribution in [0.15, 0.2) is 10.4 Å². The molecule has 1 N–H and O–H groups in total. The minimum Gasteiger partial charge on any atom is -0.302 e. The molecule has 0 aromatic carbocycles. The van der Waals surface area contributed by atoms with Gasteiger partial charge in [0.05, 0.1) is 6.20 Å². The van der Waals surface area contributed by atoms with Crippen molar-refractivity contribution in [2.24, 2.45) is 0 Å². The molecule has 1 rings (SSSR count). The van der Waals surface area contributed by atoms with Crippen LogP contribution in [0.5, 0.6) is 0 Å². The molecule has 0 amide bonds. The molecule has 0 bridgehead atoms. The Morgan fingerprint density at radius 2 is 2.36 bits per heavy atom. The smallest absolute Gasteiger partial charge is 0.289 e. The van der Waals surface area contributed by atoms with E-state index in [1.165, 1.54) is 0 Å². The second-order valence-electron chi connectivity index (χ2n) is 1.57. The number of hydrogen-bond donors (Lipinski definition) is 1. The van der Waals surface area contributed by atoms with Crippen molar-refractivity contribution in [3.63, 3.8) is 0 Å². The fourth-order valence-electron chi connectivity index (χ4n) is 0.454. The topological polar surface area (TPSA) is 50.2 Å². The first-order chi connectivity index (χ1) is 5.11. The van der Waals surface area contributed by atoms with Crippen LogP contribution in [0, 0.1) is 0 Å². The molecule has 7 heteroatoms. The van der Waals surface area contributed by atoms with Gasteiger partial charge in [0.2, 0.25) is 0 Å². The number of thiazole rings is 1. The number of halogens is 2. The van der Waals surface area contributed by atoms with Crippen molar-refractivity contribution in [3.05, 3.63) is 11.2 Å². The molecule has 3 nitrogen and oxygen atoms in total. The third-order valence-electron chi connectivity index (χ3n) is 0.861. The van der Waals surface area contributed by atoms with E-state index in [9.17, 15) is 13.0 Å². The summed E-state index contributed by atoms with van der Waals surface area (Å²) in [7, 11) is 0. The number of rotatable bonds is 2. The molecule has 0 spiro atoms.